The minimum Gasteiger partial charge on any atom is -0.378 e. The second-order valence-corrected chi connectivity index (χ2v) is 7.18. The van der Waals surface area contributed by atoms with E-state index in [1.54, 1.807) is 0 Å². The monoisotopic (exact) mass is 362 g/mol. The van der Waals surface area contributed by atoms with Gasteiger partial charge in [0.15, 0.2) is 5.82 Å². The number of amidine groups is 1. The lowest BCUT2D eigenvalue weighted by Gasteiger charge is -2.29. The molecule has 1 aromatic rings. The second-order valence-electron chi connectivity index (χ2n) is 7.18. The molecule has 0 saturated carbocycles. The van der Waals surface area contributed by atoms with Crippen LogP contribution in [-0.2, 0) is 11.2 Å². The molecule has 1 fully saturated rings. The molecule has 0 bridgehead atoms. The molecular formula is C22H26N4O. The molecule has 5 nitrogen and oxygen atoms in total. The highest BCUT2D eigenvalue weighted by molar-refractivity contribution is 5.82. The quantitative estimate of drug-likeness (QED) is 0.460. The Bertz CT molecular complexity index is 897. The number of ether oxygens (including phenoxy) is 1. The highest BCUT2D eigenvalue weighted by Crippen LogP contribution is 2.35. The largest absolute Gasteiger partial charge is 0.378 e. The lowest BCUT2D eigenvalue weighted by Crippen LogP contribution is -2.39. The van der Waals surface area contributed by atoms with Crippen LogP contribution in [0.4, 0.5) is 5.69 Å². The van der Waals surface area contributed by atoms with Gasteiger partial charge in [-0.05, 0) is 44.9 Å². The van der Waals surface area contributed by atoms with Gasteiger partial charge in [0.25, 0.3) is 0 Å². The van der Waals surface area contributed by atoms with Crippen molar-refractivity contribution in [3.8, 4) is 0 Å². The summed E-state index contributed by atoms with van der Waals surface area (Å²) in [6.07, 6.45) is 4.72. The van der Waals surface area contributed by atoms with E-state index >= 15 is 0 Å². The lowest BCUT2D eigenvalue weighted by atomic mass is 10.1. The summed E-state index contributed by atoms with van der Waals surface area (Å²) in [5, 5.41) is 0. The fraction of sp³-hybridized carbons (Fsp3) is 0.409. The lowest BCUT2D eigenvalue weighted by molar-refractivity contribution is 0.0678. The molecule has 1 aromatic carbocycles. The van der Waals surface area contributed by atoms with Crippen LogP contribution in [0.1, 0.15) is 25.0 Å². The summed E-state index contributed by atoms with van der Waals surface area (Å²) < 4.78 is 5.47. The smallest absolute Gasteiger partial charge is 0.160 e. The van der Waals surface area contributed by atoms with Gasteiger partial charge < -0.3 is 14.5 Å². The molecule has 0 unspecified atom stereocenters. The van der Waals surface area contributed by atoms with Gasteiger partial charge in [0, 0.05) is 37.1 Å². The van der Waals surface area contributed by atoms with Crippen molar-refractivity contribution >= 4 is 17.7 Å². The minimum atomic E-state index is 0.754. The van der Waals surface area contributed by atoms with Gasteiger partial charge in [0.05, 0.1) is 13.2 Å². The fourth-order valence-electron chi connectivity index (χ4n) is 3.77. The summed E-state index contributed by atoms with van der Waals surface area (Å²) in [5.74, 6) is 1.91. The van der Waals surface area contributed by atoms with Crippen LogP contribution in [0.5, 0.6) is 0 Å². The van der Waals surface area contributed by atoms with Crippen LogP contribution >= 0.6 is 0 Å². The predicted octanol–water partition coefficient (Wildman–Crippen LogP) is 3.46. The minimum absolute atomic E-state index is 0.754. The topological polar surface area (TPSA) is 40.4 Å². The van der Waals surface area contributed by atoms with Gasteiger partial charge in [-0.15, -0.1) is 5.73 Å². The first-order valence-electron chi connectivity index (χ1n) is 9.59. The molecule has 0 aromatic heterocycles. The average Bonchev–Trinajstić information content (AvgIpc) is 3.01. The molecule has 3 heterocycles. The molecule has 140 valence electrons. The van der Waals surface area contributed by atoms with Gasteiger partial charge in [-0.25, -0.2) is 9.98 Å². The van der Waals surface area contributed by atoms with Crippen LogP contribution in [0, 0.1) is 6.92 Å². The van der Waals surface area contributed by atoms with Crippen LogP contribution in [0.25, 0.3) is 0 Å². The first kappa shape index (κ1) is 17.8. The Morgan fingerprint density at radius 2 is 2.00 bits per heavy atom. The van der Waals surface area contributed by atoms with Crippen molar-refractivity contribution in [3.63, 3.8) is 0 Å². The van der Waals surface area contributed by atoms with E-state index in [2.05, 4.69) is 54.5 Å². The number of hydrogen-bond donors (Lipinski definition) is 0. The Hall–Kier alpha value is -2.62. The van der Waals surface area contributed by atoms with Crippen molar-refractivity contribution in [2.75, 3.05) is 37.7 Å². The van der Waals surface area contributed by atoms with E-state index in [0.717, 1.165) is 62.2 Å². The Labute approximate surface area is 161 Å². The van der Waals surface area contributed by atoms with Crippen molar-refractivity contribution in [2.45, 2.75) is 27.2 Å². The third kappa shape index (κ3) is 3.61. The molecule has 0 amide bonds. The molecule has 3 aliphatic heterocycles. The standard InChI is InChI=1S/C22H26N4O/c1-16-6-7-20-19(15-16)8-10-26(20)22-21(17(2)5-4-9-23-22)24-18(3)25-11-13-27-14-12-25/h4,6-7,9,15H,8,10-14H2,1-3H3. The molecule has 1 saturated heterocycles. The summed E-state index contributed by atoms with van der Waals surface area (Å²) in [4.78, 5) is 14.3. The number of allylic oxidation sites excluding steroid dienone is 1. The van der Waals surface area contributed by atoms with Crippen LogP contribution in [-0.4, -0.2) is 49.8 Å². The first-order chi connectivity index (χ1) is 13.1. The molecule has 0 radical (unpaired) electrons. The fourth-order valence-corrected chi connectivity index (χ4v) is 3.77. The summed E-state index contributed by atoms with van der Waals surface area (Å²) in [6, 6.07) is 6.65. The van der Waals surface area contributed by atoms with Crippen molar-refractivity contribution in [1.82, 2.24) is 4.90 Å². The van der Waals surface area contributed by atoms with E-state index in [-0.39, 0.29) is 0 Å². The summed E-state index contributed by atoms with van der Waals surface area (Å²) in [7, 11) is 0. The zero-order valence-corrected chi connectivity index (χ0v) is 16.3. The molecule has 0 spiro atoms. The molecule has 0 aliphatic carbocycles. The maximum absolute atomic E-state index is 5.47. The summed E-state index contributed by atoms with van der Waals surface area (Å²) in [5.41, 5.74) is 9.12. The number of aryl methyl sites for hydroxylation is 1. The van der Waals surface area contributed by atoms with Crippen molar-refractivity contribution < 1.29 is 4.74 Å². The average molecular weight is 362 g/mol. The van der Waals surface area contributed by atoms with E-state index < -0.39 is 0 Å². The normalized spacial score (nSPS) is 20.1. The highest BCUT2D eigenvalue weighted by atomic mass is 16.5. The van der Waals surface area contributed by atoms with Crippen LogP contribution in [0.2, 0.25) is 0 Å². The SMILES string of the molecule is CC1=C=CC=NC(N2CCc3cc(C)ccc32)=C1N=C(C)N1CCOCC1. The van der Waals surface area contributed by atoms with Gasteiger partial charge in [0.1, 0.15) is 11.5 Å². The van der Waals surface area contributed by atoms with Gasteiger partial charge in [0.2, 0.25) is 0 Å². The number of hydrogen-bond acceptors (Lipinski definition) is 4. The Morgan fingerprint density at radius 3 is 2.81 bits per heavy atom. The van der Waals surface area contributed by atoms with E-state index in [1.165, 1.54) is 16.8 Å². The van der Waals surface area contributed by atoms with Crippen molar-refractivity contribution in [2.24, 2.45) is 9.98 Å². The number of fused-ring (bicyclic) bond motifs is 1. The van der Waals surface area contributed by atoms with Gasteiger partial charge in [-0.1, -0.05) is 17.7 Å². The summed E-state index contributed by atoms with van der Waals surface area (Å²) in [6.45, 7) is 10.5. The number of benzene rings is 1. The second kappa shape index (κ2) is 7.55. The van der Waals surface area contributed by atoms with E-state index in [9.17, 15) is 0 Å². The van der Waals surface area contributed by atoms with E-state index in [4.69, 9.17) is 14.7 Å². The third-order valence-electron chi connectivity index (χ3n) is 5.27. The maximum atomic E-state index is 5.47. The molecule has 0 N–H and O–H groups in total. The van der Waals surface area contributed by atoms with Crippen LogP contribution < -0.4 is 4.90 Å². The number of anilines is 1. The number of aliphatic imine (C=N–C) groups is 2. The van der Waals surface area contributed by atoms with Gasteiger partial charge >= 0.3 is 0 Å². The van der Waals surface area contributed by atoms with Gasteiger partial charge in [-0.3, -0.25) is 0 Å². The molecule has 27 heavy (non-hydrogen) atoms. The molecule has 3 aliphatic rings. The summed E-state index contributed by atoms with van der Waals surface area (Å²) >= 11 is 0. The van der Waals surface area contributed by atoms with E-state index in [0.29, 0.717) is 0 Å². The molecule has 5 heteroatoms. The Morgan fingerprint density at radius 1 is 1.19 bits per heavy atom. The van der Waals surface area contributed by atoms with Crippen LogP contribution in [0.15, 0.2) is 57.1 Å². The Kier molecular flexibility index (Phi) is 4.97. The number of rotatable bonds is 2. The predicted molar refractivity (Wildman–Crippen MR) is 111 cm³/mol. The van der Waals surface area contributed by atoms with Crippen molar-refractivity contribution in [1.29, 1.82) is 0 Å². The molecular weight excluding hydrogens is 336 g/mol. The number of nitrogens with zero attached hydrogens (tertiary/aromatic N) is 4. The third-order valence-corrected chi connectivity index (χ3v) is 5.27. The zero-order valence-electron chi connectivity index (χ0n) is 16.3. The first-order valence-corrected chi connectivity index (χ1v) is 9.59. The van der Waals surface area contributed by atoms with Crippen molar-refractivity contribution in [3.05, 3.63) is 58.2 Å². The maximum Gasteiger partial charge on any atom is 0.160 e. The molecule has 4 rings (SSSR count). The van der Waals surface area contributed by atoms with Gasteiger partial charge in [-0.2, -0.15) is 0 Å². The highest BCUT2D eigenvalue weighted by Gasteiger charge is 2.25. The molecule has 0 atom stereocenters. The van der Waals surface area contributed by atoms with E-state index in [1.807, 2.05) is 12.3 Å². The zero-order chi connectivity index (χ0) is 18.8. The van der Waals surface area contributed by atoms with Crippen LogP contribution in [0.3, 0.4) is 0 Å². The number of morpholine rings is 1. The Balaban J connectivity index is 1.76.